The Morgan fingerprint density at radius 1 is 1.15 bits per heavy atom. The number of carbonyl (C=O) groups excluding carboxylic acids is 1. The molecule has 0 unspecified atom stereocenters. The summed E-state index contributed by atoms with van der Waals surface area (Å²) in [6, 6.07) is 13.8. The highest BCUT2D eigenvalue weighted by Gasteiger charge is 2.13. The van der Waals surface area contributed by atoms with Crippen LogP contribution in [0, 0.1) is 0 Å². The lowest BCUT2D eigenvalue weighted by Gasteiger charge is -2.05. The molecule has 0 fully saturated rings. The van der Waals surface area contributed by atoms with Crippen LogP contribution in [0.2, 0.25) is 0 Å². The minimum Gasteiger partial charge on any atom is -0.312 e. The monoisotopic (exact) mass is 283 g/mol. The molecule has 0 aliphatic rings. The van der Waals surface area contributed by atoms with E-state index in [-0.39, 0.29) is 10.7 Å². The Kier molecular flexibility index (Phi) is 3.24. The molecule has 4 heteroatoms. The second-order valence-corrected chi connectivity index (χ2v) is 5.69. The van der Waals surface area contributed by atoms with Crippen LogP contribution in [0.1, 0.15) is 28.4 Å². The second kappa shape index (κ2) is 5.06. The van der Waals surface area contributed by atoms with Crippen LogP contribution in [0.25, 0.3) is 10.2 Å². The van der Waals surface area contributed by atoms with Crippen LogP contribution in [0.3, 0.4) is 0 Å². The predicted molar refractivity (Wildman–Crippen MR) is 81.7 cm³/mol. The largest absolute Gasteiger partial charge is 0.312 e. The van der Waals surface area contributed by atoms with Gasteiger partial charge in [0.2, 0.25) is 0 Å². The van der Waals surface area contributed by atoms with E-state index in [4.69, 9.17) is 0 Å². The lowest BCUT2D eigenvalue weighted by atomic mass is 10.0. The van der Waals surface area contributed by atoms with Gasteiger partial charge in [0.15, 0.2) is 5.78 Å². The number of Topliss-reactive ketones (excluding diaryl/α,β-unsaturated/α-hetero) is 1. The van der Waals surface area contributed by atoms with Crippen LogP contribution >= 0.6 is 11.3 Å². The Hall–Kier alpha value is -2.20. The number of rotatable bonds is 3. The van der Waals surface area contributed by atoms with E-state index < -0.39 is 0 Å². The first-order valence-electron chi connectivity index (χ1n) is 6.34. The SMILES string of the molecule is CC(=O)c1ccc(Cc2ccccc2)c2[nH]c(=O)sc12. The summed E-state index contributed by atoms with van der Waals surface area (Å²) in [5.41, 5.74) is 3.61. The summed E-state index contributed by atoms with van der Waals surface area (Å²) in [6.07, 6.45) is 0.738. The van der Waals surface area contributed by atoms with Gasteiger partial charge in [-0.1, -0.05) is 47.7 Å². The van der Waals surface area contributed by atoms with Crippen LogP contribution in [0.4, 0.5) is 0 Å². The molecule has 0 radical (unpaired) electrons. The van der Waals surface area contributed by atoms with Gasteiger partial charge >= 0.3 is 4.87 Å². The summed E-state index contributed by atoms with van der Waals surface area (Å²) < 4.78 is 0.760. The van der Waals surface area contributed by atoms with E-state index in [1.807, 2.05) is 30.3 Å². The van der Waals surface area contributed by atoms with Crippen LogP contribution in [0.5, 0.6) is 0 Å². The molecule has 0 bridgehead atoms. The summed E-state index contributed by atoms with van der Waals surface area (Å²) in [5.74, 6) is -0.0171. The fourth-order valence-corrected chi connectivity index (χ4v) is 3.27. The van der Waals surface area contributed by atoms with E-state index in [0.29, 0.717) is 5.56 Å². The molecule has 1 N–H and O–H groups in total. The van der Waals surface area contributed by atoms with E-state index in [2.05, 4.69) is 17.1 Å². The Morgan fingerprint density at radius 2 is 1.90 bits per heavy atom. The molecule has 0 saturated heterocycles. The van der Waals surface area contributed by atoms with Gasteiger partial charge in [-0.2, -0.15) is 0 Å². The number of hydrogen-bond acceptors (Lipinski definition) is 3. The molecule has 1 heterocycles. The number of aromatic nitrogens is 1. The van der Waals surface area contributed by atoms with Crippen LogP contribution in [-0.2, 0) is 6.42 Å². The number of H-pyrrole nitrogens is 1. The molecule has 20 heavy (non-hydrogen) atoms. The topological polar surface area (TPSA) is 49.9 Å². The fraction of sp³-hybridized carbons (Fsp3) is 0.125. The molecule has 2 aromatic carbocycles. The lowest BCUT2D eigenvalue weighted by molar-refractivity contribution is 0.101. The number of ketones is 1. The van der Waals surface area contributed by atoms with E-state index in [1.165, 1.54) is 12.5 Å². The van der Waals surface area contributed by atoms with Crippen molar-refractivity contribution in [2.75, 3.05) is 0 Å². The van der Waals surface area contributed by atoms with Crippen molar-refractivity contribution in [1.29, 1.82) is 0 Å². The van der Waals surface area contributed by atoms with Gasteiger partial charge < -0.3 is 4.98 Å². The maximum atomic E-state index is 11.6. The maximum absolute atomic E-state index is 11.6. The first-order valence-corrected chi connectivity index (χ1v) is 7.16. The van der Waals surface area contributed by atoms with Crippen molar-refractivity contribution in [1.82, 2.24) is 4.98 Å². The standard InChI is InChI=1S/C16H13NO2S/c1-10(18)13-8-7-12(9-11-5-3-2-4-6-11)14-15(13)20-16(19)17-14/h2-8H,9H2,1H3,(H,17,19). The van der Waals surface area contributed by atoms with Crippen molar-refractivity contribution >= 4 is 27.3 Å². The molecule has 3 aromatic rings. The van der Waals surface area contributed by atoms with Gasteiger partial charge in [-0.3, -0.25) is 9.59 Å². The summed E-state index contributed by atoms with van der Waals surface area (Å²) in [7, 11) is 0. The summed E-state index contributed by atoms with van der Waals surface area (Å²) >= 11 is 1.10. The molecule has 0 amide bonds. The molecule has 3 rings (SSSR count). The van der Waals surface area contributed by atoms with Crippen molar-refractivity contribution in [2.45, 2.75) is 13.3 Å². The van der Waals surface area contributed by atoms with Crippen molar-refractivity contribution in [2.24, 2.45) is 0 Å². The number of hydrogen-bond donors (Lipinski definition) is 1. The highest BCUT2D eigenvalue weighted by molar-refractivity contribution is 7.16. The number of thiazole rings is 1. The van der Waals surface area contributed by atoms with Crippen molar-refractivity contribution < 1.29 is 4.79 Å². The van der Waals surface area contributed by atoms with Crippen molar-refractivity contribution in [3.05, 3.63) is 68.8 Å². The zero-order valence-corrected chi connectivity index (χ0v) is 11.8. The zero-order valence-electron chi connectivity index (χ0n) is 11.0. The third kappa shape index (κ3) is 2.30. The number of aromatic amines is 1. The molecule has 3 nitrogen and oxygen atoms in total. The molecule has 0 aliphatic heterocycles. The van der Waals surface area contributed by atoms with Gasteiger partial charge in [-0.05, 0) is 30.5 Å². The highest BCUT2D eigenvalue weighted by atomic mass is 32.1. The molecular formula is C16H13NO2S. The number of fused-ring (bicyclic) bond motifs is 1. The summed E-state index contributed by atoms with van der Waals surface area (Å²) in [4.78, 5) is 26.0. The van der Waals surface area contributed by atoms with E-state index in [9.17, 15) is 9.59 Å². The summed E-state index contributed by atoms with van der Waals surface area (Å²) in [5, 5.41) is 0. The highest BCUT2D eigenvalue weighted by Crippen LogP contribution is 2.25. The predicted octanol–water partition coefficient (Wildman–Crippen LogP) is 3.38. The van der Waals surface area contributed by atoms with Crippen LogP contribution in [0.15, 0.2) is 47.3 Å². The minimum atomic E-state index is -0.122. The molecule has 1 aromatic heterocycles. The van der Waals surface area contributed by atoms with Gasteiger partial charge in [0.25, 0.3) is 0 Å². The molecule has 0 atom stereocenters. The summed E-state index contributed by atoms with van der Waals surface area (Å²) in [6.45, 7) is 1.52. The molecular weight excluding hydrogens is 270 g/mol. The van der Waals surface area contributed by atoms with Gasteiger partial charge in [0, 0.05) is 5.56 Å². The Balaban J connectivity index is 2.15. The van der Waals surface area contributed by atoms with Crippen molar-refractivity contribution in [3.63, 3.8) is 0 Å². The zero-order chi connectivity index (χ0) is 14.1. The van der Waals surface area contributed by atoms with Crippen LogP contribution in [-0.4, -0.2) is 10.8 Å². The third-order valence-electron chi connectivity index (χ3n) is 3.28. The quantitative estimate of drug-likeness (QED) is 0.749. The molecule has 100 valence electrons. The van der Waals surface area contributed by atoms with E-state index in [0.717, 1.165) is 33.5 Å². The first-order chi connectivity index (χ1) is 9.65. The Bertz CT molecular complexity index is 831. The second-order valence-electron chi connectivity index (χ2n) is 4.71. The smallest absolute Gasteiger partial charge is 0.305 e. The average molecular weight is 283 g/mol. The number of benzene rings is 2. The minimum absolute atomic E-state index is 0.0171. The first kappa shape index (κ1) is 12.8. The van der Waals surface area contributed by atoms with Crippen LogP contribution < -0.4 is 4.87 Å². The third-order valence-corrected chi connectivity index (χ3v) is 4.20. The van der Waals surface area contributed by atoms with Crippen molar-refractivity contribution in [3.8, 4) is 0 Å². The average Bonchev–Trinajstić information content (AvgIpc) is 2.81. The molecule has 0 spiro atoms. The van der Waals surface area contributed by atoms with E-state index in [1.54, 1.807) is 0 Å². The molecule has 0 aliphatic carbocycles. The Labute approximate surface area is 119 Å². The van der Waals surface area contributed by atoms with Gasteiger partial charge in [0.1, 0.15) is 0 Å². The fourth-order valence-electron chi connectivity index (χ4n) is 2.33. The lowest BCUT2D eigenvalue weighted by Crippen LogP contribution is -1.97. The van der Waals surface area contributed by atoms with Gasteiger partial charge in [-0.15, -0.1) is 0 Å². The normalized spacial score (nSPS) is 10.8. The van der Waals surface area contributed by atoms with Gasteiger partial charge in [0.05, 0.1) is 10.2 Å². The molecule has 0 saturated carbocycles. The Morgan fingerprint density at radius 3 is 2.60 bits per heavy atom. The number of carbonyl (C=O) groups is 1. The van der Waals surface area contributed by atoms with E-state index >= 15 is 0 Å². The number of nitrogens with one attached hydrogen (secondary N) is 1. The van der Waals surface area contributed by atoms with Gasteiger partial charge in [-0.25, -0.2) is 0 Å². The maximum Gasteiger partial charge on any atom is 0.305 e.